The molecule has 0 radical (unpaired) electrons. The molecule has 0 aliphatic heterocycles. The maximum Gasteiger partial charge on any atom is 0.126 e. The van der Waals surface area contributed by atoms with E-state index in [9.17, 15) is 0 Å². The summed E-state index contributed by atoms with van der Waals surface area (Å²) in [5.41, 5.74) is 13.1. The Labute approximate surface area is 314 Å². The van der Waals surface area contributed by atoms with Crippen molar-refractivity contribution in [1.82, 2.24) is 19.9 Å². The van der Waals surface area contributed by atoms with Crippen molar-refractivity contribution in [2.75, 3.05) is 0 Å². The molecule has 2 aromatic heterocycles. The monoisotopic (exact) mass is 694 g/mol. The standard InChI is InChI=1S/C50H38N4/c1-28-22-29(2)43(30(3)23-28)24-33-14-20-42-44(25-33)39-12-8-9-13-40(39)47-48(53-32(5)54-50(42)47)35-17-15-34(16-18-35)36-19-21-41-45(26-36)37-10-6-7-11-38(37)46-27-51-31(4)52-49(41)46/h6-23,25-27H,24H2,1-5H3. The van der Waals surface area contributed by atoms with Crippen molar-refractivity contribution >= 4 is 64.9 Å². The third-order valence-electron chi connectivity index (χ3n) is 11.3. The molecule has 0 fully saturated rings. The van der Waals surface area contributed by atoms with E-state index in [2.05, 4.69) is 147 Å². The van der Waals surface area contributed by atoms with Gasteiger partial charge in [0.2, 0.25) is 0 Å². The van der Waals surface area contributed by atoms with E-state index >= 15 is 0 Å². The predicted octanol–water partition coefficient (Wildman–Crippen LogP) is 12.7. The number of rotatable bonds is 4. The lowest BCUT2D eigenvalue weighted by atomic mass is 9.90. The Hall–Kier alpha value is -6.52. The lowest BCUT2D eigenvalue weighted by molar-refractivity contribution is 1.10. The van der Waals surface area contributed by atoms with Crippen molar-refractivity contribution in [3.8, 4) is 22.4 Å². The van der Waals surface area contributed by atoms with E-state index in [1.807, 2.05) is 20.0 Å². The Balaban J connectivity index is 1.10. The summed E-state index contributed by atoms with van der Waals surface area (Å²) in [6, 6.07) is 44.4. The summed E-state index contributed by atoms with van der Waals surface area (Å²) in [4.78, 5) is 19.6. The van der Waals surface area contributed by atoms with E-state index in [0.717, 1.165) is 73.0 Å². The average molecular weight is 695 g/mol. The topological polar surface area (TPSA) is 51.6 Å². The Kier molecular flexibility index (Phi) is 7.31. The minimum Gasteiger partial charge on any atom is -0.241 e. The maximum atomic E-state index is 5.12. The van der Waals surface area contributed by atoms with Crippen molar-refractivity contribution in [2.24, 2.45) is 0 Å². The molecule has 10 rings (SSSR count). The maximum absolute atomic E-state index is 5.12. The van der Waals surface area contributed by atoms with Gasteiger partial charge in [0, 0.05) is 33.3 Å². The molecule has 4 nitrogen and oxygen atoms in total. The highest BCUT2D eigenvalue weighted by atomic mass is 14.9. The van der Waals surface area contributed by atoms with Crippen LogP contribution in [0.3, 0.4) is 0 Å². The van der Waals surface area contributed by atoms with Gasteiger partial charge in [-0.2, -0.15) is 0 Å². The van der Waals surface area contributed by atoms with Crippen LogP contribution in [-0.4, -0.2) is 19.9 Å². The normalized spacial score (nSPS) is 11.9. The predicted molar refractivity (Wildman–Crippen MR) is 226 cm³/mol. The molecule has 10 aromatic rings. The number of hydrogen-bond acceptors (Lipinski definition) is 4. The van der Waals surface area contributed by atoms with Crippen molar-refractivity contribution in [1.29, 1.82) is 0 Å². The lowest BCUT2D eigenvalue weighted by Crippen LogP contribution is -1.99. The summed E-state index contributed by atoms with van der Waals surface area (Å²) < 4.78 is 0. The van der Waals surface area contributed by atoms with E-state index in [0.29, 0.717) is 0 Å². The van der Waals surface area contributed by atoms with Crippen LogP contribution in [0.2, 0.25) is 0 Å². The number of nitrogens with zero attached hydrogens (tertiary/aromatic N) is 4. The van der Waals surface area contributed by atoms with Crippen LogP contribution in [0.5, 0.6) is 0 Å². The number of aromatic nitrogens is 4. The van der Waals surface area contributed by atoms with Crippen LogP contribution in [0.25, 0.3) is 87.3 Å². The molecule has 0 saturated heterocycles. The van der Waals surface area contributed by atoms with Crippen molar-refractivity contribution in [2.45, 2.75) is 41.0 Å². The van der Waals surface area contributed by atoms with E-state index in [1.165, 1.54) is 60.1 Å². The fourth-order valence-corrected chi connectivity index (χ4v) is 8.79. The van der Waals surface area contributed by atoms with Gasteiger partial charge in [0.15, 0.2) is 0 Å². The minimum absolute atomic E-state index is 0.765. The molecule has 0 unspecified atom stereocenters. The second-order valence-corrected chi connectivity index (χ2v) is 14.9. The summed E-state index contributed by atoms with van der Waals surface area (Å²) in [7, 11) is 0. The summed E-state index contributed by atoms with van der Waals surface area (Å²) in [6.07, 6.45) is 2.86. The largest absolute Gasteiger partial charge is 0.241 e. The van der Waals surface area contributed by atoms with Gasteiger partial charge in [-0.15, -0.1) is 0 Å². The molecule has 0 aliphatic rings. The van der Waals surface area contributed by atoms with Gasteiger partial charge in [0.25, 0.3) is 0 Å². The van der Waals surface area contributed by atoms with Crippen LogP contribution in [-0.2, 0) is 6.42 Å². The quantitative estimate of drug-likeness (QED) is 0.172. The molecule has 54 heavy (non-hydrogen) atoms. The molecule has 2 heterocycles. The van der Waals surface area contributed by atoms with E-state index < -0.39 is 0 Å². The highest BCUT2D eigenvalue weighted by Crippen LogP contribution is 2.41. The van der Waals surface area contributed by atoms with Crippen LogP contribution in [0, 0.1) is 34.6 Å². The van der Waals surface area contributed by atoms with Crippen LogP contribution in [0.15, 0.2) is 128 Å². The minimum atomic E-state index is 0.765. The molecule has 0 spiro atoms. The summed E-state index contributed by atoms with van der Waals surface area (Å²) in [5.74, 6) is 1.54. The molecular weight excluding hydrogens is 657 g/mol. The molecule has 0 saturated carbocycles. The molecule has 4 heteroatoms. The van der Waals surface area contributed by atoms with E-state index in [1.54, 1.807) is 0 Å². The zero-order valence-electron chi connectivity index (χ0n) is 31.1. The zero-order chi connectivity index (χ0) is 36.7. The van der Waals surface area contributed by atoms with Crippen LogP contribution in [0.4, 0.5) is 0 Å². The Morgan fingerprint density at radius 1 is 0.426 bits per heavy atom. The Morgan fingerprint density at radius 2 is 1.00 bits per heavy atom. The third-order valence-corrected chi connectivity index (χ3v) is 11.3. The molecule has 8 aromatic carbocycles. The van der Waals surface area contributed by atoms with Gasteiger partial charge in [-0.05, 0) is 113 Å². The van der Waals surface area contributed by atoms with Crippen molar-refractivity contribution in [3.63, 3.8) is 0 Å². The average Bonchev–Trinajstić information content (AvgIpc) is 3.19. The van der Waals surface area contributed by atoms with Gasteiger partial charge >= 0.3 is 0 Å². The Bertz CT molecular complexity index is 3150. The van der Waals surface area contributed by atoms with E-state index in [-0.39, 0.29) is 0 Å². The lowest BCUT2D eigenvalue weighted by Gasteiger charge is -2.16. The van der Waals surface area contributed by atoms with Crippen molar-refractivity contribution in [3.05, 3.63) is 167 Å². The molecule has 0 aliphatic carbocycles. The fraction of sp³-hybridized carbons (Fsp3) is 0.120. The zero-order valence-corrected chi connectivity index (χ0v) is 31.1. The molecule has 0 atom stereocenters. The molecule has 258 valence electrons. The van der Waals surface area contributed by atoms with Gasteiger partial charge in [-0.3, -0.25) is 0 Å². The second kappa shape index (κ2) is 12.3. The SMILES string of the molecule is Cc1cc(C)c(Cc2ccc3c(c2)c2ccccc2c2c(-c4ccc(-c5ccc6c(c5)c5ccccc5c5cnc(C)nc65)cc4)nc(C)nc32)c(C)c1. The van der Waals surface area contributed by atoms with Crippen LogP contribution < -0.4 is 0 Å². The number of fused-ring (bicyclic) bond motifs is 12. The third kappa shape index (κ3) is 5.13. The van der Waals surface area contributed by atoms with Gasteiger partial charge in [0.05, 0.1) is 16.7 Å². The number of aryl methyl sites for hydroxylation is 5. The van der Waals surface area contributed by atoms with Crippen LogP contribution in [0.1, 0.15) is 39.5 Å². The molecular formula is C50H38N4. The summed E-state index contributed by atoms with van der Waals surface area (Å²) >= 11 is 0. The van der Waals surface area contributed by atoms with Gasteiger partial charge in [-0.1, -0.05) is 121 Å². The van der Waals surface area contributed by atoms with E-state index in [4.69, 9.17) is 15.0 Å². The van der Waals surface area contributed by atoms with Gasteiger partial charge < -0.3 is 0 Å². The molecule has 0 bridgehead atoms. The smallest absolute Gasteiger partial charge is 0.126 e. The summed E-state index contributed by atoms with van der Waals surface area (Å²) in [6.45, 7) is 10.6. The first kappa shape index (κ1) is 32.2. The number of benzene rings is 8. The first-order valence-electron chi connectivity index (χ1n) is 18.7. The number of hydrogen-bond donors (Lipinski definition) is 0. The summed E-state index contributed by atoms with van der Waals surface area (Å²) in [5, 5.41) is 11.7. The second-order valence-electron chi connectivity index (χ2n) is 14.9. The first-order valence-corrected chi connectivity index (χ1v) is 18.7. The molecule has 0 N–H and O–H groups in total. The van der Waals surface area contributed by atoms with Crippen molar-refractivity contribution < 1.29 is 0 Å². The first-order chi connectivity index (χ1) is 26.3. The highest BCUT2D eigenvalue weighted by Gasteiger charge is 2.18. The highest BCUT2D eigenvalue weighted by molar-refractivity contribution is 6.27. The Morgan fingerprint density at radius 3 is 1.74 bits per heavy atom. The molecule has 0 amide bonds. The van der Waals surface area contributed by atoms with Gasteiger partial charge in [-0.25, -0.2) is 19.9 Å². The van der Waals surface area contributed by atoms with Gasteiger partial charge in [0.1, 0.15) is 11.6 Å². The fourth-order valence-electron chi connectivity index (χ4n) is 8.79. The van der Waals surface area contributed by atoms with Crippen LogP contribution >= 0.6 is 0 Å².